The molecule has 9 heteroatoms. The first-order valence-corrected chi connectivity index (χ1v) is 10.4. The van der Waals surface area contributed by atoms with E-state index >= 15 is 0 Å². The molecule has 0 spiro atoms. The van der Waals surface area contributed by atoms with Gasteiger partial charge in [0.2, 0.25) is 4.96 Å². The molecule has 124 valence electrons. The highest BCUT2D eigenvalue weighted by atomic mass is 32.2. The standard InChI is InChI=1S/C15H15N5OS3/c1-2-21-11-5-3-4-10(8-11)13-19-20-12(17-18-14(20)24-13)9-23-15-16-6-7-22-15/h3-5,8H,2,6-7,9H2,1H3. The third-order valence-electron chi connectivity index (χ3n) is 3.33. The van der Waals surface area contributed by atoms with Crippen LogP contribution in [-0.2, 0) is 5.75 Å². The molecule has 2 aromatic heterocycles. The molecule has 24 heavy (non-hydrogen) atoms. The third-order valence-corrected chi connectivity index (χ3v) is 6.53. The lowest BCUT2D eigenvalue weighted by atomic mass is 10.2. The second-order valence-corrected chi connectivity index (χ2v) is 8.23. The van der Waals surface area contributed by atoms with Gasteiger partial charge in [0, 0.05) is 11.3 Å². The van der Waals surface area contributed by atoms with Gasteiger partial charge >= 0.3 is 0 Å². The molecule has 0 saturated heterocycles. The molecule has 3 heterocycles. The maximum Gasteiger partial charge on any atom is 0.235 e. The van der Waals surface area contributed by atoms with Gasteiger partial charge in [0.05, 0.1) is 18.9 Å². The summed E-state index contributed by atoms with van der Waals surface area (Å²) in [7, 11) is 0. The summed E-state index contributed by atoms with van der Waals surface area (Å²) in [5.74, 6) is 3.52. The predicted octanol–water partition coefficient (Wildman–Crippen LogP) is 3.59. The van der Waals surface area contributed by atoms with E-state index in [1.54, 1.807) is 23.5 Å². The Balaban J connectivity index is 1.58. The lowest BCUT2D eigenvalue weighted by Crippen LogP contribution is -1.95. The van der Waals surface area contributed by atoms with Crippen LogP contribution in [0.15, 0.2) is 29.3 Å². The first-order chi connectivity index (χ1) is 11.8. The molecule has 0 N–H and O–H groups in total. The van der Waals surface area contributed by atoms with E-state index in [0.29, 0.717) is 6.61 Å². The molecule has 1 aromatic carbocycles. The van der Waals surface area contributed by atoms with Crippen molar-refractivity contribution in [3.05, 3.63) is 30.1 Å². The van der Waals surface area contributed by atoms with Gasteiger partial charge in [0.1, 0.15) is 15.1 Å². The summed E-state index contributed by atoms with van der Waals surface area (Å²) in [4.78, 5) is 5.26. The smallest absolute Gasteiger partial charge is 0.235 e. The number of nitrogens with zero attached hydrogens (tertiary/aromatic N) is 5. The van der Waals surface area contributed by atoms with Crippen LogP contribution in [0.3, 0.4) is 0 Å². The third kappa shape index (κ3) is 3.28. The van der Waals surface area contributed by atoms with Crippen LogP contribution in [0.2, 0.25) is 0 Å². The Hall–Kier alpha value is -1.58. The fourth-order valence-electron chi connectivity index (χ4n) is 2.28. The molecule has 0 unspecified atom stereocenters. The van der Waals surface area contributed by atoms with E-state index in [0.717, 1.165) is 49.5 Å². The molecule has 0 saturated carbocycles. The van der Waals surface area contributed by atoms with Crippen LogP contribution in [0.25, 0.3) is 15.5 Å². The highest BCUT2D eigenvalue weighted by molar-refractivity contribution is 8.38. The van der Waals surface area contributed by atoms with E-state index in [1.807, 2.05) is 35.7 Å². The molecule has 0 atom stereocenters. The van der Waals surface area contributed by atoms with E-state index in [1.165, 1.54) is 11.3 Å². The molecule has 0 radical (unpaired) electrons. The summed E-state index contributed by atoms with van der Waals surface area (Å²) >= 11 is 5.04. The average Bonchev–Trinajstić information content (AvgIpc) is 3.31. The van der Waals surface area contributed by atoms with Crippen molar-refractivity contribution in [1.82, 2.24) is 19.8 Å². The first kappa shape index (κ1) is 15.9. The summed E-state index contributed by atoms with van der Waals surface area (Å²) < 4.78 is 8.53. The Morgan fingerprint density at radius 1 is 1.33 bits per heavy atom. The summed E-state index contributed by atoms with van der Waals surface area (Å²) in [5.41, 5.74) is 1.03. The van der Waals surface area contributed by atoms with Gasteiger partial charge in [-0.2, -0.15) is 9.61 Å². The number of fused-ring (bicyclic) bond motifs is 1. The molecule has 0 fully saturated rings. The normalized spacial score (nSPS) is 14.3. The molecule has 0 bridgehead atoms. The summed E-state index contributed by atoms with van der Waals surface area (Å²) in [6.45, 7) is 3.55. The van der Waals surface area contributed by atoms with Crippen molar-refractivity contribution in [2.24, 2.45) is 4.99 Å². The van der Waals surface area contributed by atoms with Crippen LogP contribution in [0.5, 0.6) is 5.75 Å². The van der Waals surface area contributed by atoms with Gasteiger partial charge in [-0.1, -0.05) is 47.0 Å². The SMILES string of the molecule is CCOc1cccc(-c2nn3c(CSC4=NCCS4)nnc3s2)c1. The number of ether oxygens (including phenoxy) is 1. The summed E-state index contributed by atoms with van der Waals surface area (Å²) in [5, 5.41) is 14.1. The maximum absolute atomic E-state index is 5.57. The Bertz CT molecular complexity index is 888. The van der Waals surface area contributed by atoms with Crippen LogP contribution in [-0.4, -0.2) is 43.1 Å². The topological polar surface area (TPSA) is 64.7 Å². The predicted molar refractivity (Wildman–Crippen MR) is 101 cm³/mol. The highest BCUT2D eigenvalue weighted by Gasteiger charge is 2.15. The van der Waals surface area contributed by atoms with Crippen molar-refractivity contribution < 1.29 is 4.74 Å². The van der Waals surface area contributed by atoms with E-state index in [2.05, 4.69) is 20.3 Å². The number of thioether (sulfide) groups is 2. The van der Waals surface area contributed by atoms with Gasteiger partial charge in [-0.25, -0.2) is 0 Å². The minimum atomic E-state index is 0.651. The molecule has 0 amide bonds. The Morgan fingerprint density at radius 3 is 3.12 bits per heavy atom. The number of rotatable bonds is 5. The van der Waals surface area contributed by atoms with E-state index < -0.39 is 0 Å². The van der Waals surface area contributed by atoms with Gasteiger partial charge in [-0.15, -0.1) is 10.2 Å². The zero-order chi connectivity index (χ0) is 16.4. The van der Waals surface area contributed by atoms with E-state index in [9.17, 15) is 0 Å². The number of hydrogen-bond acceptors (Lipinski definition) is 8. The van der Waals surface area contributed by atoms with Gasteiger partial charge in [-0.3, -0.25) is 4.99 Å². The lowest BCUT2D eigenvalue weighted by Gasteiger charge is -2.03. The van der Waals surface area contributed by atoms with Gasteiger partial charge in [0.15, 0.2) is 5.82 Å². The molecule has 6 nitrogen and oxygen atoms in total. The molecular formula is C15H15N5OS3. The van der Waals surface area contributed by atoms with Crippen molar-refractivity contribution in [2.45, 2.75) is 12.7 Å². The van der Waals surface area contributed by atoms with Crippen LogP contribution in [0, 0.1) is 0 Å². The van der Waals surface area contributed by atoms with Crippen molar-refractivity contribution >= 4 is 44.2 Å². The number of aromatic nitrogens is 4. The summed E-state index contributed by atoms with van der Waals surface area (Å²) in [6, 6.07) is 7.98. The largest absolute Gasteiger partial charge is 0.494 e. The van der Waals surface area contributed by atoms with E-state index in [4.69, 9.17) is 4.74 Å². The molecule has 1 aliphatic heterocycles. The molecule has 4 rings (SSSR count). The number of hydrogen-bond donors (Lipinski definition) is 0. The second-order valence-electron chi connectivity index (χ2n) is 4.96. The van der Waals surface area contributed by atoms with Crippen molar-refractivity contribution in [3.63, 3.8) is 0 Å². The Morgan fingerprint density at radius 2 is 2.29 bits per heavy atom. The molecule has 1 aliphatic rings. The van der Waals surface area contributed by atoms with Crippen LogP contribution in [0.1, 0.15) is 12.7 Å². The zero-order valence-electron chi connectivity index (χ0n) is 13.0. The molecule has 0 aliphatic carbocycles. The van der Waals surface area contributed by atoms with Crippen LogP contribution >= 0.6 is 34.9 Å². The van der Waals surface area contributed by atoms with Crippen LogP contribution < -0.4 is 4.74 Å². The van der Waals surface area contributed by atoms with Gasteiger partial charge < -0.3 is 4.74 Å². The lowest BCUT2D eigenvalue weighted by molar-refractivity contribution is 0.340. The minimum absolute atomic E-state index is 0.651. The van der Waals surface area contributed by atoms with Crippen LogP contribution in [0.4, 0.5) is 0 Å². The van der Waals surface area contributed by atoms with Gasteiger partial charge in [-0.05, 0) is 19.1 Å². The second kappa shape index (κ2) is 7.12. The maximum atomic E-state index is 5.57. The summed E-state index contributed by atoms with van der Waals surface area (Å²) in [6.07, 6.45) is 0. The number of benzene rings is 1. The fraction of sp³-hybridized carbons (Fsp3) is 0.333. The van der Waals surface area contributed by atoms with Crippen molar-refractivity contribution in [1.29, 1.82) is 0 Å². The minimum Gasteiger partial charge on any atom is -0.494 e. The van der Waals surface area contributed by atoms with Crippen molar-refractivity contribution in [3.8, 4) is 16.3 Å². The monoisotopic (exact) mass is 377 g/mol. The highest BCUT2D eigenvalue weighted by Crippen LogP contribution is 2.30. The van der Waals surface area contributed by atoms with Crippen molar-refractivity contribution in [2.75, 3.05) is 18.9 Å². The Labute approximate surface area is 151 Å². The zero-order valence-corrected chi connectivity index (χ0v) is 15.5. The first-order valence-electron chi connectivity index (χ1n) is 7.58. The van der Waals surface area contributed by atoms with Gasteiger partial charge in [0.25, 0.3) is 0 Å². The fourth-order valence-corrected chi connectivity index (χ4v) is 5.05. The molecule has 3 aromatic rings. The average molecular weight is 378 g/mol. The molecular weight excluding hydrogens is 362 g/mol. The Kier molecular flexibility index (Phi) is 4.72. The van der Waals surface area contributed by atoms with E-state index in [-0.39, 0.29) is 0 Å². The quantitative estimate of drug-likeness (QED) is 0.677. The number of aliphatic imine (C=N–C) groups is 1.